The molecule has 25 heavy (non-hydrogen) atoms. The van der Waals surface area contributed by atoms with Crippen LogP contribution in [0.25, 0.3) is 5.53 Å². The number of nitrogens with zero attached hydrogens (tertiary/aromatic N) is 2. The fourth-order valence-electron chi connectivity index (χ4n) is 2.09. The van der Waals surface area contributed by atoms with Gasteiger partial charge in [0, 0.05) is 5.41 Å². The van der Waals surface area contributed by atoms with Gasteiger partial charge in [-0.25, -0.2) is 8.42 Å². The molecule has 7 heteroatoms. The summed E-state index contributed by atoms with van der Waals surface area (Å²) in [6.45, 7) is 7.38. The first kappa shape index (κ1) is 21.1. The number of benzene rings is 1. The number of unbranched alkanes of at least 4 members (excludes halogenated alkanes) is 3. The molecule has 0 N–H and O–H groups in total. The molecule has 1 aromatic carbocycles. The van der Waals surface area contributed by atoms with E-state index in [4.69, 9.17) is 10.3 Å². The fourth-order valence-corrected chi connectivity index (χ4v) is 3.46. The van der Waals surface area contributed by atoms with Gasteiger partial charge in [-0.15, -0.1) is 4.79 Å². The Morgan fingerprint density at radius 3 is 2.20 bits per heavy atom. The lowest BCUT2D eigenvalue weighted by molar-refractivity contribution is -0.123. The third-order valence-electron chi connectivity index (χ3n) is 3.62. The molecular weight excluding hydrogens is 340 g/mol. The molecule has 0 heterocycles. The highest BCUT2D eigenvalue weighted by molar-refractivity contribution is 8.08. The Balaban J connectivity index is 2.89. The van der Waals surface area contributed by atoms with Gasteiger partial charge in [0.25, 0.3) is 15.6 Å². The van der Waals surface area contributed by atoms with Crippen LogP contribution in [0.4, 0.5) is 0 Å². The molecule has 0 aromatic heterocycles. The lowest BCUT2D eigenvalue weighted by Gasteiger charge is -2.13. The predicted octanol–water partition coefficient (Wildman–Crippen LogP) is 3.66. The van der Waals surface area contributed by atoms with Crippen LogP contribution in [0.1, 0.15) is 53.4 Å². The molecule has 0 saturated carbocycles. The minimum atomic E-state index is -4.19. The zero-order valence-electron chi connectivity index (χ0n) is 15.3. The number of ether oxygens (including phenoxy) is 1. The second-order valence-electron chi connectivity index (χ2n) is 6.87. The summed E-state index contributed by atoms with van der Waals surface area (Å²) in [5, 5.41) is -0.853. The zero-order valence-corrected chi connectivity index (χ0v) is 16.1. The normalized spacial score (nSPS) is 11.7. The summed E-state index contributed by atoms with van der Waals surface area (Å²) < 4.78 is 30.7. The number of Topliss-reactive ketones (excluding diaryl/α,β-unsaturated/α-hetero) is 1. The lowest BCUT2D eigenvalue weighted by atomic mass is 9.91. The number of rotatable bonds is 8. The summed E-state index contributed by atoms with van der Waals surface area (Å²) in [5.41, 5.74) is 8.09. The van der Waals surface area contributed by atoms with Crippen LogP contribution in [0.3, 0.4) is 0 Å². The molecule has 0 atom stereocenters. The van der Waals surface area contributed by atoms with Gasteiger partial charge in [0.15, 0.2) is 0 Å². The average molecular weight is 366 g/mol. The zero-order chi connectivity index (χ0) is 19.1. The SMILES string of the molecule is CCCCCCOc1ccc(S(=O)(=O)C(=[N+]=[N-])C(=O)C(C)(C)C)cc1. The standard InChI is InChI=1S/C18H26N2O4S/c1-5-6-7-8-13-24-14-9-11-15(12-10-14)25(22,23)17(20-19)16(21)18(2,3)4/h9-12H,5-8,13H2,1-4H3. The van der Waals surface area contributed by atoms with Crippen LogP contribution in [-0.4, -0.2) is 30.6 Å². The molecular formula is C18H26N2O4S. The Morgan fingerprint density at radius 1 is 1.12 bits per heavy atom. The van der Waals surface area contributed by atoms with Crippen LogP contribution in [-0.2, 0) is 14.6 Å². The van der Waals surface area contributed by atoms with Crippen LogP contribution in [0.2, 0.25) is 0 Å². The van der Waals surface area contributed by atoms with Gasteiger partial charge in [-0.3, -0.25) is 4.79 Å². The minimum absolute atomic E-state index is 0.115. The van der Waals surface area contributed by atoms with Crippen molar-refractivity contribution in [2.45, 2.75) is 58.3 Å². The van der Waals surface area contributed by atoms with E-state index in [1.54, 1.807) is 20.8 Å². The second-order valence-corrected chi connectivity index (χ2v) is 8.73. The van der Waals surface area contributed by atoms with Gasteiger partial charge >= 0.3 is 5.04 Å². The van der Waals surface area contributed by atoms with Gasteiger partial charge < -0.3 is 10.3 Å². The van der Waals surface area contributed by atoms with Crippen LogP contribution in [0.5, 0.6) is 5.75 Å². The summed E-state index contributed by atoms with van der Waals surface area (Å²) >= 11 is 0. The van der Waals surface area contributed by atoms with Gasteiger partial charge in [-0.05, 0) is 30.7 Å². The van der Waals surface area contributed by atoms with E-state index < -0.39 is 26.1 Å². The van der Waals surface area contributed by atoms with Crippen LogP contribution in [0.15, 0.2) is 29.2 Å². The largest absolute Gasteiger partial charge is 0.494 e. The Bertz CT molecular complexity index is 740. The molecule has 138 valence electrons. The van der Waals surface area contributed by atoms with Crippen molar-refractivity contribution >= 4 is 20.7 Å². The van der Waals surface area contributed by atoms with Gasteiger partial charge in [0.2, 0.25) is 0 Å². The molecule has 1 aromatic rings. The molecule has 0 aliphatic carbocycles. The van der Waals surface area contributed by atoms with E-state index in [1.807, 2.05) is 0 Å². The topological polar surface area (TPSA) is 96.8 Å². The number of carbonyl (C=O) groups excluding carboxylic acids is 1. The molecule has 0 unspecified atom stereocenters. The van der Waals surface area contributed by atoms with Crippen molar-refractivity contribution in [1.29, 1.82) is 0 Å². The van der Waals surface area contributed by atoms with Crippen molar-refractivity contribution in [3.8, 4) is 5.75 Å². The predicted molar refractivity (Wildman–Crippen MR) is 96.4 cm³/mol. The van der Waals surface area contributed by atoms with E-state index in [0.29, 0.717) is 12.4 Å². The summed E-state index contributed by atoms with van der Waals surface area (Å²) in [7, 11) is -4.19. The molecule has 0 saturated heterocycles. The van der Waals surface area contributed by atoms with Crippen molar-refractivity contribution in [3.05, 3.63) is 29.8 Å². The van der Waals surface area contributed by atoms with Crippen LogP contribution in [0, 0.1) is 5.41 Å². The van der Waals surface area contributed by atoms with E-state index >= 15 is 0 Å². The highest BCUT2D eigenvalue weighted by atomic mass is 32.2. The Morgan fingerprint density at radius 2 is 1.72 bits per heavy atom. The Labute approximate surface area is 149 Å². The highest BCUT2D eigenvalue weighted by Gasteiger charge is 2.43. The first-order valence-electron chi connectivity index (χ1n) is 8.39. The third kappa shape index (κ3) is 5.80. The third-order valence-corrected chi connectivity index (χ3v) is 5.29. The molecule has 0 spiro atoms. The smallest absolute Gasteiger partial charge is 0.452 e. The monoisotopic (exact) mass is 366 g/mol. The first-order chi connectivity index (χ1) is 11.6. The van der Waals surface area contributed by atoms with Gasteiger partial charge in [-0.2, -0.15) is 0 Å². The van der Waals surface area contributed by atoms with E-state index in [9.17, 15) is 13.2 Å². The van der Waals surface area contributed by atoms with Crippen molar-refractivity contribution < 1.29 is 22.7 Å². The minimum Gasteiger partial charge on any atom is -0.494 e. The molecule has 0 bridgehead atoms. The van der Waals surface area contributed by atoms with Crippen molar-refractivity contribution in [3.63, 3.8) is 0 Å². The number of hydrogen-bond acceptors (Lipinski definition) is 4. The maximum absolute atomic E-state index is 12.5. The van der Waals surface area contributed by atoms with Crippen molar-refractivity contribution in [2.75, 3.05) is 6.61 Å². The summed E-state index contributed by atoms with van der Waals surface area (Å²) in [6, 6.07) is 5.75. The maximum atomic E-state index is 12.5. The van der Waals surface area contributed by atoms with Gasteiger partial charge in [0.05, 0.1) is 11.5 Å². The van der Waals surface area contributed by atoms with Crippen molar-refractivity contribution in [1.82, 2.24) is 0 Å². The quantitative estimate of drug-likeness (QED) is 0.230. The molecule has 1 rings (SSSR count). The van der Waals surface area contributed by atoms with Gasteiger partial charge in [-0.1, -0.05) is 47.0 Å². The highest BCUT2D eigenvalue weighted by Crippen LogP contribution is 2.22. The van der Waals surface area contributed by atoms with E-state index in [1.165, 1.54) is 24.3 Å². The number of ketones is 1. The Kier molecular flexibility index (Phi) is 7.52. The van der Waals surface area contributed by atoms with Crippen LogP contribution < -0.4 is 4.74 Å². The van der Waals surface area contributed by atoms with Crippen LogP contribution >= 0.6 is 0 Å². The second kappa shape index (κ2) is 8.92. The molecule has 6 nitrogen and oxygen atoms in total. The average Bonchev–Trinajstić information content (AvgIpc) is 2.54. The summed E-state index contributed by atoms with van der Waals surface area (Å²) in [6.07, 6.45) is 4.34. The molecule has 0 aliphatic heterocycles. The molecule has 0 aliphatic rings. The number of sulfone groups is 1. The molecule has 0 fully saturated rings. The van der Waals surface area contributed by atoms with Crippen molar-refractivity contribution in [2.24, 2.45) is 5.41 Å². The fraction of sp³-hybridized carbons (Fsp3) is 0.556. The van der Waals surface area contributed by atoms with E-state index in [-0.39, 0.29) is 4.90 Å². The number of carbonyl (C=O) groups is 1. The summed E-state index contributed by atoms with van der Waals surface area (Å²) in [4.78, 5) is 14.9. The molecule has 0 amide bonds. The van der Waals surface area contributed by atoms with E-state index in [0.717, 1.165) is 25.7 Å². The molecule has 0 radical (unpaired) electrons. The first-order valence-corrected chi connectivity index (χ1v) is 9.87. The number of hydrogen-bond donors (Lipinski definition) is 0. The summed E-state index contributed by atoms with van der Waals surface area (Å²) in [5.74, 6) is -0.189. The van der Waals surface area contributed by atoms with Gasteiger partial charge in [0.1, 0.15) is 5.75 Å². The Hall–Kier alpha value is -1.98. The van der Waals surface area contributed by atoms with E-state index in [2.05, 4.69) is 11.7 Å². The maximum Gasteiger partial charge on any atom is 0.452 e. The lowest BCUT2D eigenvalue weighted by Crippen LogP contribution is -2.34.